The highest BCUT2D eigenvalue weighted by Gasteiger charge is 2.37. The zero-order valence-electron chi connectivity index (χ0n) is 16.9. The molecule has 0 saturated carbocycles. The Balaban J connectivity index is 2.03. The molecule has 2 aromatic rings. The molecule has 0 N–H and O–H groups in total. The fourth-order valence-corrected chi connectivity index (χ4v) is 3.62. The van der Waals surface area contributed by atoms with Gasteiger partial charge in [-0.3, -0.25) is 9.69 Å². The number of benzene rings is 2. The molecule has 0 bridgehead atoms. The van der Waals surface area contributed by atoms with Gasteiger partial charge in [0.1, 0.15) is 5.75 Å². The topological polar surface area (TPSA) is 55.8 Å². The maximum Gasteiger partial charge on any atom is 0.340 e. The van der Waals surface area contributed by atoms with Gasteiger partial charge in [-0.15, -0.1) is 11.8 Å². The van der Waals surface area contributed by atoms with E-state index < -0.39 is 5.97 Å². The van der Waals surface area contributed by atoms with Gasteiger partial charge in [0, 0.05) is 16.3 Å². The lowest BCUT2D eigenvalue weighted by Gasteiger charge is -2.18. The van der Waals surface area contributed by atoms with Crippen LogP contribution in [0.2, 0.25) is 0 Å². The van der Waals surface area contributed by atoms with E-state index in [-0.39, 0.29) is 11.5 Å². The van der Waals surface area contributed by atoms with E-state index in [4.69, 9.17) is 9.47 Å². The summed E-state index contributed by atoms with van der Waals surface area (Å²) >= 11 is 1.64. The van der Waals surface area contributed by atoms with Gasteiger partial charge in [0.25, 0.3) is 5.91 Å². The fourth-order valence-electron chi connectivity index (χ4n) is 3.22. The third-order valence-corrected chi connectivity index (χ3v) is 5.37. The highest BCUT2D eigenvalue weighted by molar-refractivity contribution is 7.98. The van der Waals surface area contributed by atoms with E-state index in [0.717, 1.165) is 16.2 Å². The average molecular weight is 410 g/mol. The summed E-state index contributed by atoms with van der Waals surface area (Å²) in [4.78, 5) is 28.4. The number of hydrogen-bond donors (Lipinski definition) is 0. The normalized spacial score (nSPS) is 15.2. The Kier molecular flexibility index (Phi) is 6.44. The second-order valence-electron chi connectivity index (χ2n) is 6.35. The summed E-state index contributed by atoms with van der Waals surface area (Å²) in [6.45, 7) is 4.23. The molecule has 3 rings (SSSR count). The van der Waals surface area contributed by atoms with Crippen LogP contribution in [0, 0.1) is 0 Å². The quantitative estimate of drug-likeness (QED) is 0.394. The van der Waals surface area contributed by atoms with Gasteiger partial charge in [-0.05, 0) is 68.1 Å². The Morgan fingerprint density at radius 2 is 1.76 bits per heavy atom. The first-order valence-electron chi connectivity index (χ1n) is 9.22. The number of rotatable bonds is 6. The van der Waals surface area contributed by atoms with Crippen LogP contribution in [0.25, 0.3) is 6.08 Å². The Bertz CT molecular complexity index is 975. The number of allylic oxidation sites excluding steroid dienone is 1. The van der Waals surface area contributed by atoms with E-state index in [9.17, 15) is 9.59 Å². The first-order valence-corrected chi connectivity index (χ1v) is 10.4. The van der Waals surface area contributed by atoms with Crippen molar-refractivity contribution in [1.29, 1.82) is 0 Å². The molecule has 1 amide bonds. The standard InChI is InChI=1S/C23H23NO4S/c1-5-28-18-10-8-17(9-11-18)24-15(2)21(23(26)27-3)20(22(24)25)14-16-6-12-19(29-4)13-7-16/h6-14H,5H2,1-4H3. The van der Waals surface area contributed by atoms with E-state index >= 15 is 0 Å². The molecule has 0 aromatic heterocycles. The van der Waals surface area contributed by atoms with Crippen LogP contribution in [0.15, 0.2) is 70.3 Å². The third kappa shape index (κ3) is 4.22. The molecule has 0 aliphatic carbocycles. The van der Waals surface area contributed by atoms with Crippen LogP contribution in [0.3, 0.4) is 0 Å². The van der Waals surface area contributed by atoms with Crippen LogP contribution < -0.4 is 9.64 Å². The smallest absolute Gasteiger partial charge is 0.340 e. The molecule has 0 fully saturated rings. The van der Waals surface area contributed by atoms with E-state index in [2.05, 4.69) is 0 Å². The van der Waals surface area contributed by atoms with Crippen LogP contribution in [-0.4, -0.2) is 31.8 Å². The molecule has 0 saturated heterocycles. The molecule has 6 heteroatoms. The minimum atomic E-state index is -0.531. The lowest BCUT2D eigenvalue weighted by atomic mass is 10.0. The van der Waals surface area contributed by atoms with E-state index in [0.29, 0.717) is 23.6 Å². The van der Waals surface area contributed by atoms with Crippen LogP contribution in [0.4, 0.5) is 5.69 Å². The number of esters is 1. The number of nitrogens with zero attached hydrogens (tertiary/aromatic N) is 1. The van der Waals surface area contributed by atoms with Crippen molar-refractivity contribution in [3.63, 3.8) is 0 Å². The molecule has 150 valence electrons. The Hall–Kier alpha value is -2.99. The zero-order valence-corrected chi connectivity index (χ0v) is 17.7. The number of carbonyl (C=O) groups is 2. The van der Waals surface area contributed by atoms with Crippen LogP contribution in [0.1, 0.15) is 19.4 Å². The fraction of sp³-hybridized carbons (Fsp3) is 0.217. The van der Waals surface area contributed by atoms with Crippen molar-refractivity contribution in [3.8, 4) is 5.75 Å². The van der Waals surface area contributed by atoms with Gasteiger partial charge in [0.2, 0.25) is 0 Å². The number of hydrogen-bond acceptors (Lipinski definition) is 5. The van der Waals surface area contributed by atoms with Crippen LogP contribution in [0.5, 0.6) is 5.75 Å². The Morgan fingerprint density at radius 1 is 1.10 bits per heavy atom. The van der Waals surface area contributed by atoms with Crippen molar-refractivity contribution in [2.24, 2.45) is 0 Å². The second-order valence-corrected chi connectivity index (χ2v) is 7.23. The van der Waals surface area contributed by atoms with Gasteiger partial charge in [-0.1, -0.05) is 12.1 Å². The van der Waals surface area contributed by atoms with Gasteiger partial charge < -0.3 is 9.47 Å². The summed E-state index contributed by atoms with van der Waals surface area (Å²) in [7, 11) is 1.32. The largest absolute Gasteiger partial charge is 0.494 e. The van der Waals surface area contributed by atoms with E-state index in [1.54, 1.807) is 49.0 Å². The predicted octanol–water partition coefficient (Wildman–Crippen LogP) is 4.68. The molecule has 0 atom stereocenters. The van der Waals surface area contributed by atoms with Crippen molar-refractivity contribution < 1.29 is 19.1 Å². The molecule has 1 heterocycles. The summed E-state index contributed by atoms with van der Waals surface area (Å²) in [5.74, 6) is -0.0698. The number of ether oxygens (including phenoxy) is 2. The van der Waals surface area contributed by atoms with Gasteiger partial charge in [0.15, 0.2) is 0 Å². The molecule has 0 unspecified atom stereocenters. The van der Waals surface area contributed by atoms with E-state index in [1.165, 1.54) is 12.0 Å². The molecular formula is C23H23NO4S. The number of anilines is 1. The molecule has 0 spiro atoms. The molecule has 2 aromatic carbocycles. The van der Waals surface area contributed by atoms with E-state index in [1.807, 2.05) is 37.4 Å². The van der Waals surface area contributed by atoms with Crippen molar-refractivity contribution >= 4 is 35.4 Å². The Labute approximate surface area is 175 Å². The van der Waals surface area contributed by atoms with Gasteiger partial charge in [-0.25, -0.2) is 4.79 Å². The highest BCUT2D eigenvalue weighted by atomic mass is 32.2. The van der Waals surface area contributed by atoms with Gasteiger partial charge in [0.05, 0.1) is 24.9 Å². The summed E-state index contributed by atoms with van der Waals surface area (Å²) < 4.78 is 10.4. The predicted molar refractivity (Wildman–Crippen MR) is 116 cm³/mol. The number of carbonyl (C=O) groups excluding carboxylic acids is 2. The van der Waals surface area contributed by atoms with Crippen molar-refractivity contribution in [2.45, 2.75) is 18.7 Å². The monoisotopic (exact) mass is 409 g/mol. The van der Waals surface area contributed by atoms with Gasteiger partial charge >= 0.3 is 5.97 Å². The molecule has 1 aliphatic heterocycles. The maximum atomic E-state index is 13.3. The summed E-state index contributed by atoms with van der Waals surface area (Å²) in [5, 5.41) is 0. The lowest BCUT2D eigenvalue weighted by Crippen LogP contribution is -2.24. The molecule has 1 aliphatic rings. The zero-order chi connectivity index (χ0) is 21.0. The Morgan fingerprint density at radius 3 is 2.31 bits per heavy atom. The maximum absolute atomic E-state index is 13.3. The molecule has 5 nitrogen and oxygen atoms in total. The lowest BCUT2D eigenvalue weighted by molar-refractivity contribution is -0.136. The van der Waals surface area contributed by atoms with Crippen molar-refractivity contribution in [2.75, 3.05) is 24.9 Å². The summed E-state index contributed by atoms with van der Waals surface area (Å²) in [6.07, 6.45) is 3.74. The number of amides is 1. The SMILES string of the molecule is CCOc1ccc(N2C(=O)C(=Cc3ccc(SC)cc3)C(C(=O)OC)=C2C)cc1. The third-order valence-electron chi connectivity index (χ3n) is 4.62. The second kappa shape index (κ2) is 9.01. The molecular weight excluding hydrogens is 386 g/mol. The van der Waals surface area contributed by atoms with Crippen molar-refractivity contribution in [3.05, 3.63) is 70.9 Å². The van der Waals surface area contributed by atoms with Gasteiger partial charge in [-0.2, -0.15) is 0 Å². The summed E-state index contributed by atoms with van der Waals surface area (Å²) in [6, 6.07) is 15.0. The minimum Gasteiger partial charge on any atom is -0.494 e. The highest BCUT2D eigenvalue weighted by Crippen LogP contribution is 2.36. The molecule has 0 radical (unpaired) electrons. The number of thioether (sulfide) groups is 1. The van der Waals surface area contributed by atoms with Crippen LogP contribution >= 0.6 is 11.8 Å². The number of methoxy groups -OCH3 is 1. The minimum absolute atomic E-state index is 0.263. The first kappa shape index (κ1) is 20.7. The molecule has 29 heavy (non-hydrogen) atoms. The summed E-state index contributed by atoms with van der Waals surface area (Å²) in [5.41, 5.74) is 2.64. The van der Waals surface area contributed by atoms with Crippen molar-refractivity contribution in [1.82, 2.24) is 0 Å². The average Bonchev–Trinajstić information content (AvgIpc) is 2.98. The first-order chi connectivity index (χ1) is 14.0. The van der Waals surface area contributed by atoms with Crippen LogP contribution in [-0.2, 0) is 14.3 Å².